The van der Waals surface area contributed by atoms with Crippen LogP contribution in [0.15, 0.2) is 48.7 Å². The van der Waals surface area contributed by atoms with Crippen molar-refractivity contribution in [2.24, 2.45) is 5.92 Å². The largest absolute Gasteiger partial charge is 0.314 e. The summed E-state index contributed by atoms with van der Waals surface area (Å²) in [7, 11) is 0. The molecule has 176 valence electrons. The number of nitrogens with zero attached hydrogens (tertiary/aromatic N) is 3. The van der Waals surface area contributed by atoms with E-state index in [9.17, 15) is 4.79 Å². The van der Waals surface area contributed by atoms with Crippen molar-refractivity contribution in [2.45, 2.75) is 63.3 Å². The number of carbonyl (C=O) groups excluding carboxylic acids is 1. The molecular weight excluding hydrogens is 408 g/mol. The van der Waals surface area contributed by atoms with Crippen LogP contribution in [0.4, 0.5) is 5.82 Å². The average molecular weight is 447 g/mol. The molecule has 5 rings (SSSR count). The van der Waals surface area contributed by atoms with Crippen molar-refractivity contribution in [1.82, 2.24) is 15.2 Å². The number of hydrogen-bond acceptors (Lipinski definition) is 4. The summed E-state index contributed by atoms with van der Waals surface area (Å²) in [4.78, 5) is 22.8. The van der Waals surface area contributed by atoms with Gasteiger partial charge in [-0.05, 0) is 55.4 Å². The van der Waals surface area contributed by atoms with E-state index in [1.807, 2.05) is 29.3 Å². The van der Waals surface area contributed by atoms with E-state index in [0.717, 1.165) is 51.4 Å². The third-order valence-electron chi connectivity index (χ3n) is 8.04. The number of anilines is 1. The monoisotopic (exact) mass is 446 g/mol. The van der Waals surface area contributed by atoms with Gasteiger partial charge in [-0.15, -0.1) is 0 Å². The zero-order valence-electron chi connectivity index (χ0n) is 19.8. The van der Waals surface area contributed by atoms with Crippen molar-refractivity contribution in [1.29, 1.82) is 0 Å². The number of carbonyl (C=O) groups is 1. The van der Waals surface area contributed by atoms with Crippen LogP contribution in [0.5, 0.6) is 0 Å². The molecule has 1 amide bonds. The van der Waals surface area contributed by atoms with Crippen molar-refractivity contribution in [3.05, 3.63) is 59.8 Å². The Bertz CT molecular complexity index is 911. The van der Waals surface area contributed by atoms with Gasteiger partial charge in [-0.2, -0.15) is 0 Å². The highest BCUT2D eigenvalue weighted by Gasteiger charge is 2.34. The van der Waals surface area contributed by atoms with Crippen LogP contribution >= 0.6 is 0 Å². The molecule has 1 saturated carbocycles. The lowest BCUT2D eigenvalue weighted by molar-refractivity contribution is -0.123. The maximum absolute atomic E-state index is 13.6. The van der Waals surface area contributed by atoms with E-state index in [2.05, 4.69) is 39.5 Å². The number of hydrogen-bond donors (Lipinski definition) is 1. The van der Waals surface area contributed by atoms with Gasteiger partial charge >= 0.3 is 0 Å². The standard InChI is InChI=1S/C28H38N4O/c33-28(23-10-2-1-3-11-23)32(27-15-6-7-16-30-27)20-19-31-18-17-29-21-26(31)25-14-8-12-22-9-4-5-13-24(22)25/h4-7,9,13,15-16,23,25-26,29H,1-3,8,10-12,14,17-21H2. The number of fused-ring (bicyclic) bond motifs is 1. The van der Waals surface area contributed by atoms with Gasteiger partial charge in [0, 0.05) is 56.8 Å². The quantitative estimate of drug-likeness (QED) is 0.715. The van der Waals surface area contributed by atoms with E-state index in [1.165, 1.54) is 44.1 Å². The van der Waals surface area contributed by atoms with E-state index in [-0.39, 0.29) is 11.8 Å². The first-order valence-electron chi connectivity index (χ1n) is 13.1. The van der Waals surface area contributed by atoms with Crippen molar-refractivity contribution in [3.63, 3.8) is 0 Å². The molecule has 0 spiro atoms. The lowest BCUT2D eigenvalue weighted by Crippen LogP contribution is -2.56. The summed E-state index contributed by atoms with van der Waals surface area (Å²) in [6, 6.07) is 15.4. The molecule has 1 aliphatic heterocycles. The fraction of sp³-hybridized carbons (Fsp3) is 0.571. The predicted molar refractivity (Wildman–Crippen MR) is 134 cm³/mol. The Labute approximate surface area is 198 Å². The molecule has 2 atom stereocenters. The second kappa shape index (κ2) is 10.8. The van der Waals surface area contributed by atoms with E-state index in [1.54, 1.807) is 5.56 Å². The normalized spacial score (nSPS) is 24.2. The molecular formula is C28H38N4O. The van der Waals surface area contributed by atoms with Crippen LogP contribution < -0.4 is 10.2 Å². The van der Waals surface area contributed by atoms with Gasteiger partial charge in [0.15, 0.2) is 0 Å². The number of piperazine rings is 1. The highest BCUT2D eigenvalue weighted by atomic mass is 16.2. The summed E-state index contributed by atoms with van der Waals surface area (Å²) in [5, 5.41) is 3.65. The van der Waals surface area contributed by atoms with E-state index >= 15 is 0 Å². The highest BCUT2D eigenvalue weighted by Crippen LogP contribution is 2.36. The van der Waals surface area contributed by atoms with E-state index in [4.69, 9.17) is 0 Å². The van der Waals surface area contributed by atoms with Gasteiger partial charge in [0.05, 0.1) is 0 Å². The van der Waals surface area contributed by atoms with Crippen LogP contribution in [0.3, 0.4) is 0 Å². The van der Waals surface area contributed by atoms with Gasteiger partial charge in [0.25, 0.3) is 0 Å². The summed E-state index contributed by atoms with van der Waals surface area (Å²) in [5.41, 5.74) is 3.07. The van der Waals surface area contributed by atoms with Gasteiger partial charge in [0.1, 0.15) is 5.82 Å². The SMILES string of the molecule is O=C(C1CCCCC1)N(CCN1CCNCC1C1CCCc2ccccc21)c1ccccn1. The predicted octanol–water partition coefficient (Wildman–Crippen LogP) is 4.39. The molecule has 1 saturated heterocycles. The Morgan fingerprint density at radius 2 is 1.88 bits per heavy atom. The smallest absolute Gasteiger partial charge is 0.231 e. The summed E-state index contributed by atoms with van der Waals surface area (Å²) in [6.45, 7) is 4.71. The molecule has 5 heteroatoms. The maximum atomic E-state index is 13.6. The minimum atomic E-state index is 0.157. The first-order chi connectivity index (χ1) is 16.3. The summed E-state index contributed by atoms with van der Waals surface area (Å²) < 4.78 is 0. The molecule has 2 unspecified atom stereocenters. The molecule has 2 fully saturated rings. The van der Waals surface area contributed by atoms with Gasteiger partial charge in [-0.3, -0.25) is 14.6 Å². The molecule has 1 aromatic heterocycles. The highest BCUT2D eigenvalue weighted by molar-refractivity contribution is 5.94. The topological polar surface area (TPSA) is 48.5 Å². The lowest BCUT2D eigenvalue weighted by atomic mass is 9.77. The Morgan fingerprint density at radius 1 is 1.03 bits per heavy atom. The van der Waals surface area contributed by atoms with E-state index < -0.39 is 0 Å². The van der Waals surface area contributed by atoms with Crippen LogP contribution in [-0.2, 0) is 11.2 Å². The zero-order chi connectivity index (χ0) is 22.5. The van der Waals surface area contributed by atoms with E-state index in [0.29, 0.717) is 12.0 Å². The first kappa shape index (κ1) is 22.5. The van der Waals surface area contributed by atoms with Crippen LogP contribution in [0, 0.1) is 5.92 Å². The van der Waals surface area contributed by atoms with Crippen LogP contribution in [0.1, 0.15) is 62.0 Å². The molecule has 0 radical (unpaired) electrons. The second-order valence-electron chi connectivity index (χ2n) is 10.0. The van der Waals surface area contributed by atoms with Crippen molar-refractivity contribution in [2.75, 3.05) is 37.6 Å². The number of aromatic nitrogens is 1. The zero-order valence-corrected chi connectivity index (χ0v) is 19.8. The Balaban J connectivity index is 1.33. The van der Waals surface area contributed by atoms with Gasteiger partial charge < -0.3 is 5.32 Å². The van der Waals surface area contributed by atoms with Gasteiger partial charge in [0.2, 0.25) is 5.91 Å². The molecule has 2 aliphatic carbocycles. The molecule has 0 bridgehead atoms. The third-order valence-corrected chi connectivity index (χ3v) is 8.04. The molecule has 2 heterocycles. The first-order valence-corrected chi connectivity index (χ1v) is 13.1. The van der Waals surface area contributed by atoms with Crippen molar-refractivity contribution >= 4 is 11.7 Å². The summed E-state index contributed by atoms with van der Waals surface area (Å²) in [6.07, 6.45) is 11.2. The fourth-order valence-corrected chi connectivity index (χ4v) is 6.28. The minimum absolute atomic E-state index is 0.157. The van der Waals surface area contributed by atoms with Crippen molar-refractivity contribution in [3.8, 4) is 0 Å². The molecule has 3 aliphatic rings. The molecule has 5 nitrogen and oxygen atoms in total. The summed E-state index contributed by atoms with van der Waals surface area (Å²) >= 11 is 0. The molecule has 1 N–H and O–H groups in total. The lowest BCUT2D eigenvalue weighted by Gasteiger charge is -2.43. The van der Waals surface area contributed by atoms with Crippen LogP contribution in [0.2, 0.25) is 0 Å². The number of pyridine rings is 1. The molecule has 1 aromatic carbocycles. The number of aryl methyl sites for hydroxylation is 1. The fourth-order valence-electron chi connectivity index (χ4n) is 6.28. The number of benzene rings is 1. The number of rotatable bonds is 6. The van der Waals surface area contributed by atoms with Crippen LogP contribution in [-0.4, -0.2) is 54.6 Å². The Hall–Kier alpha value is -2.24. The van der Waals surface area contributed by atoms with Gasteiger partial charge in [-0.1, -0.05) is 49.6 Å². The number of nitrogens with one attached hydrogen (secondary N) is 1. The average Bonchev–Trinajstić information content (AvgIpc) is 2.90. The Kier molecular flexibility index (Phi) is 7.37. The molecule has 2 aromatic rings. The second-order valence-corrected chi connectivity index (χ2v) is 10.0. The maximum Gasteiger partial charge on any atom is 0.231 e. The minimum Gasteiger partial charge on any atom is -0.314 e. The Morgan fingerprint density at radius 3 is 2.73 bits per heavy atom. The number of amides is 1. The van der Waals surface area contributed by atoms with Crippen LogP contribution in [0.25, 0.3) is 0 Å². The molecule has 33 heavy (non-hydrogen) atoms. The van der Waals surface area contributed by atoms with Crippen molar-refractivity contribution < 1.29 is 4.79 Å². The van der Waals surface area contributed by atoms with Gasteiger partial charge in [-0.25, -0.2) is 4.98 Å². The summed E-state index contributed by atoms with van der Waals surface area (Å²) in [5.74, 6) is 1.82. The third kappa shape index (κ3) is 5.15.